The summed E-state index contributed by atoms with van der Waals surface area (Å²) in [6.45, 7) is 8.88. The normalized spacial score (nSPS) is 21.1. The van der Waals surface area contributed by atoms with Crippen molar-refractivity contribution in [1.82, 2.24) is 9.97 Å². The van der Waals surface area contributed by atoms with Crippen molar-refractivity contribution >= 4 is 11.9 Å². The Morgan fingerprint density at radius 3 is 2.86 bits per heavy atom. The van der Waals surface area contributed by atoms with E-state index in [4.69, 9.17) is 4.74 Å². The van der Waals surface area contributed by atoms with Gasteiger partial charge in [-0.1, -0.05) is 13.8 Å². The molecule has 1 saturated heterocycles. The number of aryl methyl sites for hydroxylation is 1. The summed E-state index contributed by atoms with van der Waals surface area (Å²) in [4.78, 5) is 22.3. The van der Waals surface area contributed by atoms with Crippen LogP contribution in [0.2, 0.25) is 0 Å². The van der Waals surface area contributed by atoms with Gasteiger partial charge in [0.05, 0.1) is 6.61 Å². The molecule has 1 aliphatic rings. The molecule has 21 heavy (non-hydrogen) atoms. The number of carboxylic acids is 1. The molecule has 6 heteroatoms. The molecule has 1 unspecified atom stereocenters. The number of anilines is 1. The molecule has 6 nitrogen and oxygen atoms in total. The van der Waals surface area contributed by atoms with Crippen LogP contribution >= 0.6 is 0 Å². The maximum atomic E-state index is 11.7. The monoisotopic (exact) mass is 293 g/mol. The molecule has 0 radical (unpaired) electrons. The van der Waals surface area contributed by atoms with Gasteiger partial charge in [0.15, 0.2) is 0 Å². The van der Waals surface area contributed by atoms with E-state index in [1.807, 2.05) is 27.7 Å². The van der Waals surface area contributed by atoms with Crippen molar-refractivity contribution in [1.29, 1.82) is 0 Å². The minimum atomic E-state index is -0.831. The van der Waals surface area contributed by atoms with Crippen molar-refractivity contribution in [2.24, 2.45) is 5.41 Å². The lowest BCUT2D eigenvalue weighted by Crippen LogP contribution is -2.55. The number of hydrogen-bond acceptors (Lipinski definition) is 5. The van der Waals surface area contributed by atoms with Crippen LogP contribution in [0.4, 0.5) is 5.95 Å². The van der Waals surface area contributed by atoms with Crippen molar-refractivity contribution in [2.45, 2.75) is 46.6 Å². The highest BCUT2D eigenvalue weighted by Crippen LogP contribution is 2.37. The molecule has 1 aromatic rings. The molecule has 0 aromatic carbocycles. The van der Waals surface area contributed by atoms with Crippen LogP contribution in [0.25, 0.3) is 0 Å². The number of nitrogens with zero attached hydrogens (tertiary/aromatic N) is 3. The van der Waals surface area contributed by atoms with Crippen molar-refractivity contribution in [2.75, 3.05) is 18.1 Å². The summed E-state index contributed by atoms with van der Waals surface area (Å²) in [5.41, 5.74) is 0.458. The first-order valence-corrected chi connectivity index (χ1v) is 7.33. The van der Waals surface area contributed by atoms with Crippen LogP contribution in [0, 0.1) is 12.3 Å². The lowest BCUT2D eigenvalue weighted by Gasteiger charge is -2.44. The van der Waals surface area contributed by atoms with Crippen LogP contribution in [-0.2, 0) is 4.79 Å². The van der Waals surface area contributed by atoms with Crippen molar-refractivity contribution in [3.8, 4) is 5.88 Å². The molecule has 0 aliphatic carbocycles. The second-order valence-electron chi connectivity index (χ2n) is 6.11. The molecular formula is C15H23N3O3. The molecule has 0 saturated carbocycles. The zero-order chi connectivity index (χ0) is 15.6. The van der Waals surface area contributed by atoms with Gasteiger partial charge in [-0.15, -0.1) is 0 Å². The van der Waals surface area contributed by atoms with Gasteiger partial charge in [0, 0.05) is 18.3 Å². The van der Waals surface area contributed by atoms with Crippen LogP contribution in [0.3, 0.4) is 0 Å². The molecule has 1 N–H and O–H groups in total. The van der Waals surface area contributed by atoms with E-state index >= 15 is 0 Å². The fraction of sp³-hybridized carbons (Fsp3) is 0.667. The molecule has 1 atom stereocenters. The molecule has 0 amide bonds. The Bertz CT molecular complexity index is 531. The largest absolute Gasteiger partial charge is 0.480 e. The Kier molecular flexibility index (Phi) is 4.34. The van der Waals surface area contributed by atoms with Crippen molar-refractivity contribution in [3.63, 3.8) is 0 Å². The average molecular weight is 293 g/mol. The van der Waals surface area contributed by atoms with Gasteiger partial charge in [-0.2, -0.15) is 4.98 Å². The summed E-state index contributed by atoms with van der Waals surface area (Å²) in [6, 6.07) is 1.14. The van der Waals surface area contributed by atoms with Gasteiger partial charge in [0.1, 0.15) is 6.04 Å². The lowest BCUT2D eigenvalue weighted by atomic mass is 9.76. The van der Waals surface area contributed by atoms with Gasteiger partial charge < -0.3 is 14.7 Å². The van der Waals surface area contributed by atoms with E-state index in [9.17, 15) is 9.90 Å². The number of aromatic nitrogens is 2. The van der Waals surface area contributed by atoms with Crippen LogP contribution in [0.1, 0.15) is 39.3 Å². The molecule has 116 valence electrons. The third kappa shape index (κ3) is 3.25. The first-order valence-electron chi connectivity index (χ1n) is 7.33. The van der Waals surface area contributed by atoms with E-state index in [1.165, 1.54) is 0 Å². The number of piperidine rings is 1. The molecule has 1 fully saturated rings. The van der Waals surface area contributed by atoms with Gasteiger partial charge in [-0.25, -0.2) is 9.78 Å². The highest BCUT2D eigenvalue weighted by Gasteiger charge is 2.43. The van der Waals surface area contributed by atoms with Gasteiger partial charge in [0.25, 0.3) is 0 Å². The van der Waals surface area contributed by atoms with Crippen LogP contribution < -0.4 is 9.64 Å². The topological polar surface area (TPSA) is 75.5 Å². The maximum Gasteiger partial charge on any atom is 0.326 e. The summed E-state index contributed by atoms with van der Waals surface area (Å²) in [6.07, 6.45) is 1.81. The van der Waals surface area contributed by atoms with Gasteiger partial charge in [-0.05, 0) is 32.1 Å². The fourth-order valence-electron chi connectivity index (χ4n) is 2.95. The Morgan fingerprint density at radius 2 is 2.24 bits per heavy atom. The zero-order valence-electron chi connectivity index (χ0n) is 13.1. The Hall–Kier alpha value is -1.85. The first-order chi connectivity index (χ1) is 9.85. The van der Waals surface area contributed by atoms with Crippen LogP contribution in [0.5, 0.6) is 5.88 Å². The minimum absolute atomic E-state index is 0.317. The first kappa shape index (κ1) is 15.5. The molecule has 1 aliphatic heterocycles. The standard InChI is InChI=1S/C15H23N3O3/c1-5-21-11-9-10(2)16-14(17-11)18-8-6-7-15(3,4)12(18)13(19)20/h9,12H,5-8H2,1-4H3,(H,19,20). The number of hydrogen-bond donors (Lipinski definition) is 1. The zero-order valence-corrected chi connectivity index (χ0v) is 13.1. The molecule has 1 aromatic heterocycles. The van der Waals surface area contributed by atoms with Crippen molar-refractivity contribution < 1.29 is 14.6 Å². The average Bonchev–Trinajstić information content (AvgIpc) is 2.36. The Balaban J connectivity index is 2.40. The van der Waals surface area contributed by atoms with E-state index in [0.717, 1.165) is 18.5 Å². The van der Waals surface area contributed by atoms with Crippen molar-refractivity contribution in [3.05, 3.63) is 11.8 Å². The van der Waals surface area contributed by atoms with Gasteiger partial charge in [-0.3, -0.25) is 0 Å². The number of rotatable bonds is 4. The third-order valence-electron chi connectivity index (χ3n) is 3.87. The molecule has 2 rings (SSSR count). The van der Waals surface area contributed by atoms with Gasteiger partial charge in [0.2, 0.25) is 11.8 Å². The molecule has 2 heterocycles. The highest BCUT2D eigenvalue weighted by molar-refractivity contribution is 5.78. The van der Waals surface area contributed by atoms with E-state index in [1.54, 1.807) is 11.0 Å². The number of aliphatic carboxylic acids is 1. The number of ether oxygens (including phenoxy) is 1. The van der Waals surface area contributed by atoms with E-state index < -0.39 is 12.0 Å². The molecular weight excluding hydrogens is 270 g/mol. The van der Waals surface area contributed by atoms with E-state index in [-0.39, 0.29) is 5.41 Å². The fourth-order valence-corrected chi connectivity index (χ4v) is 2.95. The second-order valence-corrected chi connectivity index (χ2v) is 6.11. The Morgan fingerprint density at radius 1 is 1.52 bits per heavy atom. The lowest BCUT2D eigenvalue weighted by molar-refractivity contribution is -0.142. The Labute approximate surface area is 125 Å². The summed E-state index contributed by atoms with van der Waals surface area (Å²) in [5.74, 6) is 0.105. The van der Waals surface area contributed by atoms with E-state index in [0.29, 0.717) is 25.0 Å². The second kappa shape index (κ2) is 5.87. The smallest absolute Gasteiger partial charge is 0.326 e. The third-order valence-corrected chi connectivity index (χ3v) is 3.87. The number of carbonyl (C=O) groups is 1. The molecule has 0 spiro atoms. The summed E-state index contributed by atoms with van der Waals surface area (Å²) >= 11 is 0. The number of carboxylic acid groups (broad SMARTS) is 1. The summed E-state index contributed by atoms with van der Waals surface area (Å²) < 4.78 is 5.44. The SMILES string of the molecule is CCOc1cc(C)nc(N2CCCC(C)(C)C2C(=O)O)n1. The predicted molar refractivity (Wildman–Crippen MR) is 79.7 cm³/mol. The summed E-state index contributed by atoms with van der Waals surface area (Å²) in [7, 11) is 0. The maximum absolute atomic E-state index is 11.7. The predicted octanol–water partition coefficient (Wildman–Crippen LogP) is 2.26. The summed E-state index contributed by atoms with van der Waals surface area (Å²) in [5, 5.41) is 9.62. The highest BCUT2D eigenvalue weighted by atomic mass is 16.5. The van der Waals surface area contributed by atoms with Crippen LogP contribution in [-0.4, -0.2) is 40.2 Å². The van der Waals surface area contributed by atoms with Gasteiger partial charge >= 0.3 is 5.97 Å². The quantitative estimate of drug-likeness (QED) is 0.917. The van der Waals surface area contributed by atoms with E-state index in [2.05, 4.69) is 9.97 Å². The van der Waals surface area contributed by atoms with Crippen LogP contribution in [0.15, 0.2) is 6.07 Å². The molecule has 0 bridgehead atoms. The minimum Gasteiger partial charge on any atom is -0.480 e.